The first-order valence-corrected chi connectivity index (χ1v) is 8.79. The van der Waals surface area contributed by atoms with Crippen LogP contribution in [0, 0.1) is 5.92 Å². The standard InChI is InChI=1S/C12H24ClNO3S/c1-10(2)17-7-8-18(15,16)14-12-5-3-11(9-13)4-6-12/h10-12,14H,3-9H2,1-2H3. The van der Waals surface area contributed by atoms with Crippen molar-refractivity contribution in [2.45, 2.75) is 51.7 Å². The molecule has 0 aromatic carbocycles. The molecule has 108 valence electrons. The normalized spacial score (nSPS) is 25.6. The Morgan fingerprint density at radius 3 is 2.39 bits per heavy atom. The molecule has 0 aliphatic heterocycles. The van der Waals surface area contributed by atoms with E-state index >= 15 is 0 Å². The summed E-state index contributed by atoms with van der Waals surface area (Å²) < 4.78 is 31.7. The number of sulfonamides is 1. The smallest absolute Gasteiger partial charge is 0.214 e. The minimum atomic E-state index is -3.21. The van der Waals surface area contributed by atoms with Crippen LogP contribution >= 0.6 is 11.6 Å². The lowest BCUT2D eigenvalue weighted by atomic mass is 9.88. The lowest BCUT2D eigenvalue weighted by Crippen LogP contribution is -2.39. The van der Waals surface area contributed by atoms with Crippen molar-refractivity contribution in [1.82, 2.24) is 4.72 Å². The van der Waals surface area contributed by atoms with Crippen molar-refractivity contribution in [3.63, 3.8) is 0 Å². The number of hydrogen-bond acceptors (Lipinski definition) is 3. The molecule has 0 aromatic rings. The topological polar surface area (TPSA) is 55.4 Å². The summed E-state index contributed by atoms with van der Waals surface area (Å²) in [7, 11) is -3.21. The Kier molecular flexibility index (Phi) is 6.92. The highest BCUT2D eigenvalue weighted by Crippen LogP contribution is 2.25. The van der Waals surface area contributed by atoms with E-state index in [9.17, 15) is 8.42 Å². The third-order valence-electron chi connectivity index (χ3n) is 3.21. The molecule has 0 bridgehead atoms. The van der Waals surface area contributed by atoms with Crippen LogP contribution in [0.3, 0.4) is 0 Å². The second kappa shape index (κ2) is 7.68. The highest BCUT2D eigenvalue weighted by Gasteiger charge is 2.24. The van der Waals surface area contributed by atoms with Crippen LogP contribution in [0.5, 0.6) is 0 Å². The molecule has 0 atom stereocenters. The average Bonchev–Trinajstić information content (AvgIpc) is 2.28. The summed E-state index contributed by atoms with van der Waals surface area (Å²) in [5, 5.41) is 0. The maximum atomic E-state index is 11.8. The van der Waals surface area contributed by atoms with Crippen molar-refractivity contribution in [3.05, 3.63) is 0 Å². The number of halogens is 1. The van der Waals surface area contributed by atoms with E-state index in [-0.39, 0.29) is 24.5 Å². The van der Waals surface area contributed by atoms with Crippen LogP contribution in [0.4, 0.5) is 0 Å². The second-order valence-electron chi connectivity index (χ2n) is 5.23. The van der Waals surface area contributed by atoms with Crippen LogP contribution in [0.25, 0.3) is 0 Å². The maximum absolute atomic E-state index is 11.8. The van der Waals surface area contributed by atoms with Gasteiger partial charge in [-0.15, -0.1) is 11.6 Å². The van der Waals surface area contributed by atoms with Crippen molar-refractivity contribution in [2.75, 3.05) is 18.2 Å². The summed E-state index contributed by atoms with van der Waals surface area (Å²) in [5.74, 6) is 1.28. The lowest BCUT2D eigenvalue weighted by Gasteiger charge is -2.27. The molecule has 0 spiro atoms. The molecule has 0 aromatic heterocycles. The van der Waals surface area contributed by atoms with E-state index in [1.807, 2.05) is 13.8 Å². The van der Waals surface area contributed by atoms with Gasteiger partial charge < -0.3 is 4.74 Å². The average molecular weight is 298 g/mol. The van der Waals surface area contributed by atoms with E-state index in [1.165, 1.54) is 0 Å². The molecule has 1 aliphatic rings. The molecular weight excluding hydrogens is 274 g/mol. The van der Waals surface area contributed by atoms with Crippen molar-refractivity contribution in [1.29, 1.82) is 0 Å². The fourth-order valence-corrected chi connectivity index (χ4v) is 3.63. The quantitative estimate of drug-likeness (QED) is 0.733. The highest BCUT2D eigenvalue weighted by atomic mass is 35.5. The summed E-state index contributed by atoms with van der Waals surface area (Å²) >= 11 is 5.80. The minimum absolute atomic E-state index is 0.0423. The predicted molar refractivity (Wildman–Crippen MR) is 74.5 cm³/mol. The molecule has 0 amide bonds. The van der Waals surface area contributed by atoms with E-state index in [4.69, 9.17) is 16.3 Å². The Labute approximate surface area is 115 Å². The van der Waals surface area contributed by atoms with Gasteiger partial charge in [-0.1, -0.05) is 0 Å². The maximum Gasteiger partial charge on any atom is 0.214 e. The van der Waals surface area contributed by atoms with Gasteiger partial charge in [0, 0.05) is 11.9 Å². The monoisotopic (exact) mass is 297 g/mol. The lowest BCUT2D eigenvalue weighted by molar-refractivity contribution is 0.0911. The predicted octanol–water partition coefficient (Wildman–Crippen LogP) is 2.13. The Bertz CT molecular complexity index is 324. The molecule has 1 N–H and O–H groups in total. The Morgan fingerprint density at radius 1 is 1.28 bits per heavy atom. The number of nitrogens with one attached hydrogen (secondary N) is 1. The molecular formula is C12H24ClNO3S. The van der Waals surface area contributed by atoms with Crippen LogP contribution in [-0.4, -0.2) is 38.8 Å². The largest absolute Gasteiger partial charge is 0.378 e. The van der Waals surface area contributed by atoms with E-state index in [0.29, 0.717) is 11.8 Å². The molecule has 1 fully saturated rings. The summed E-state index contributed by atoms with van der Waals surface area (Å²) in [5.41, 5.74) is 0. The molecule has 18 heavy (non-hydrogen) atoms. The van der Waals surface area contributed by atoms with Crippen molar-refractivity contribution >= 4 is 21.6 Å². The molecule has 0 unspecified atom stereocenters. The first-order valence-electron chi connectivity index (χ1n) is 6.60. The summed E-state index contributed by atoms with van der Waals surface area (Å²) in [6, 6.07) is 0.0773. The highest BCUT2D eigenvalue weighted by molar-refractivity contribution is 7.89. The molecule has 1 rings (SSSR count). The molecule has 0 radical (unpaired) electrons. The van der Waals surface area contributed by atoms with Crippen molar-refractivity contribution < 1.29 is 13.2 Å². The number of ether oxygens (including phenoxy) is 1. The molecule has 1 aliphatic carbocycles. The number of hydrogen-bond donors (Lipinski definition) is 1. The Hall–Kier alpha value is 0.160. The van der Waals surface area contributed by atoms with Gasteiger partial charge in [-0.25, -0.2) is 13.1 Å². The third-order valence-corrected chi connectivity index (χ3v) is 5.05. The summed E-state index contributed by atoms with van der Waals surface area (Å²) in [4.78, 5) is 0. The van der Waals surface area contributed by atoms with Gasteiger partial charge >= 0.3 is 0 Å². The zero-order valence-corrected chi connectivity index (χ0v) is 12.8. The molecule has 0 heterocycles. The van der Waals surface area contributed by atoms with E-state index in [2.05, 4.69) is 4.72 Å². The van der Waals surface area contributed by atoms with Gasteiger partial charge in [0.25, 0.3) is 0 Å². The zero-order valence-electron chi connectivity index (χ0n) is 11.2. The van der Waals surface area contributed by atoms with Crippen LogP contribution in [-0.2, 0) is 14.8 Å². The van der Waals surface area contributed by atoms with E-state index < -0.39 is 10.0 Å². The van der Waals surface area contributed by atoms with Gasteiger partial charge in [0.05, 0.1) is 18.5 Å². The minimum Gasteiger partial charge on any atom is -0.378 e. The van der Waals surface area contributed by atoms with Crippen molar-refractivity contribution in [2.24, 2.45) is 5.92 Å². The SMILES string of the molecule is CC(C)OCCS(=O)(=O)NC1CCC(CCl)CC1. The van der Waals surface area contributed by atoms with E-state index in [0.717, 1.165) is 25.7 Å². The van der Waals surface area contributed by atoms with Gasteiger partial charge in [-0.2, -0.15) is 0 Å². The van der Waals surface area contributed by atoms with E-state index in [1.54, 1.807) is 0 Å². The van der Waals surface area contributed by atoms with Gasteiger partial charge in [0.15, 0.2) is 0 Å². The molecule has 6 heteroatoms. The number of alkyl halides is 1. The Morgan fingerprint density at radius 2 is 1.89 bits per heavy atom. The Balaban J connectivity index is 2.28. The van der Waals surface area contributed by atoms with Gasteiger partial charge in [-0.05, 0) is 45.4 Å². The number of rotatable bonds is 7. The fraction of sp³-hybridized carbons (Fsp3) is 1.00. The first kappa shape index (κ1) is 16.2. The van der Waals surface area contributed by atoms with Crippen LogP contribution in [0.15, 0.2) is 0 Å². The molecule has 0 saturated heterocycles. The molecule has 4 nitrogen and oxygen atoms in total. The summed E-state index contributed by atoms with van der Waals surface area (Å²) in [6.07, 6.45) is 3.88. The second-order valence-corrected chi connectivity index (χ2v) is 7.41. The zero-order chi connectivity index (χ0) is 13.6. The van der Waals surface area contributed by atoms with Gasteiger partial charge in [0.2, 0.25) is 10.0 Å². The van der Waals surface area contributed by atoms with Crippen LogP contribution < -0.4 is 4.72 Å². The van der Waals surface area contributed by atoms with Gasteiger partial charge in [0.1, 0.15) is 0 Å². The summed E-state index contributed by atoms with van der Waals surface area (Å²) in [6.45, 7) is 4.05. The van der Waals surface area contributed by atoms with Crippen LogP contribution in [0.2, 0.25) is 0 Å². The van der Waals surface area contributed by atoms with Crippen LogP contribution in [0.1, 0.15) is 39.5 Å². The fourth-order valence-electron chi connectivity index (χ4n) is 2.14. The molecule has 1 saturated carbocycles. The first-order chi connectivity index (χ1) is 8.43. The van der Waals surface area contributed by atoms with Gasteiger partial charge in [-0.3, -0.25) is 0 Å². The van der Waals surface area contributed by atoms with Crippen molar-refractivity contribution in [3.8, 4) is 0 Å². The third kappa shape index (κ3) is 6.36.